The van der Waals surface area contributed by atoms with Crippen molar-refractivity contribution < 1.29 is 0 Å². The van der Waals surface area contributed by atoms with E-state index in [4.69, 9.17) is 0 Å². The molecule has 1 nitrogen and oxygen atoms in total. The van der Waals surface area contributed by atoms with E-state index in [0.717, 1.165) is 29.9 Å². The highest BCUT2D eigenvalue weighted by Crippen LogP contribution is 2.25. The number of nitrogens with one attached hydrogen (secondary N) is 1. The van der Waals surface area contributed by atoms with Crippen LogP contribution in [0.15, 0.2) is 12.3 Å². The molecule has 0 bridgehead atoms. The Balaban J connectivity index is 4.05. The molecule has 0 amide bonds. The van der Waals surface area contributed by atoms with Gasteiger partial charge in [0.15, 0.2) is 0 Å². The van der Waals surface area contributed by atoms with E-state index in [1.807, 2.05) is 7.05 Å². The van der Waals surface area contributed by atoms with Crippen LogP contribution in [0.3, 0.4) is 0 Å². The zero-order valence-electron chi connectivity index (χ0n) is 9.15. The van der Waals surface area contributed by atoms with Crippen molar-refractivity contribution in [3.63, 3.8) is 0 Å². The Morgan fingerprint density at radius 3 is 1.83 bits per heavy atom. The smallest absolute Gasteiger partial charge is 0.00340 e. The molecular formula is C11H23N. The molecule has 0 radical (unpaired) electrons. The molecule has 72 valence electrons. The summed E-state index contributed by atoms with van der Waals surface area (Å²) in [7, 11) is 1.94. The Morgan fingerprint density at radius 2 is 1.58 bits per heavy atom. The monoisotopic (exact) mass is 169 g/mol. The normalized spacial score (nSPS) is 11.3. The summed E-state index contributed by atoms with van der Waals surface area (Å²) in [6.07, 6.45) is 1.10. The van der Waals surface area contributed by atoms with Crippen molar-refractivity contribution in [2.24, 2.45) is 17.8 Å². The fraction of sp³-hybridized carbons (Fsp3) is 0.818. The van der Waals surface area contributed by atoms with Gasteiger partial charge in [0.2, 0.25) is 0 Å². The van der Waals surface area contributed by atoms with Crippen molar-refractivity contribution >= 4 is 0 Å². The van der Waals surface area contributed by atoms with Gasteiger partial charge >= 0.3 is 0 Å². The van der Waals surface area contributed by atoms with Crippen LogP contribution >= 0.6 is 0 Å². The fourth-order valence-corrected chi connectivity index (χ4v) is 1.63. The van der Waals surface area contributed by atoms with E-state index >= 15 is 0 Å². The second-order valence-electron chi connectivity index (χ2n) is 4.21. The molecular weight excluding hydrogens is 146 g/mol. The third-order valence-electron chi connectivity index (χ3n) is 2.55. The number of hydrogen-bond acceptors (Lipinski definition) is 1. The summed E-state index contributed by atoms with van der Waals surface area (Å²) in [6, 6.07) is 0. The first-order chi connectivity index (χ1) is 5.49. The molecule has 1 heteroatoms. The van der Waals surface area contributed by atoms with Crippen LogP contribution in [0.2, 0.25) is 0 Å². The zero-order valence-corrected chi connectivity index (χ0v) is 9.15. The lowest BCUT2D eigenvalue weighted by molar-refractivity contribution is 0.282. The Bertz CT molecular complexity index is 128. The van der Waals surface area contributed by atoms with E-state index in [1.54, 1.807) is 0 Å². The third-order valence-corrected chi connectivity index (χ3v) is 2.55. The van der Waals surface area contributed by atoms with Gasteiger partial charge in [-0.1, -0.05) is 34.3 Å². The molecule has 0 aromatic rings. The average Bonchev–Trinajstić information content (AvgIpc) is 1.98. The summed E-state index contributed by atoms with van der Waals surface area (Å²) < 4.78 is 0. The fourth-order valence-electron chi connectivity index (χ4n) is 1.63. The second-order valence-corrected chi connectivity index (χ2v) is 4.21. The minimum atomic E-state index is 0.745. The maximum Gasteiger partial charge on any atom is 0.00340 e. The lowest BCUT2D eigenvalue weighted by Gasteiger charge is -2.25. The van der Waals surface area contributed by atoms with Gasteiger partial charge in [-0.25, -0.2) is 0 Å². The number of hydrogen-bond donors (Lipinski definition) is 1. The summed E-state index contributed by atoms with van der Waals surface area (Å²) in [5, 5.41) is 3.11. The first kappa shape index (κ1) is 11.5. The Morgan fingerprint density at radius 1 is 1.17 bits per heavy atom. The van der Waals surface area contributed by atoms with Crippen molar-refractivity contribution in [2.45, 2.75) is 34.1 Å². The first-order valence-electron chi connectivity index (χ1n) is 4.84. The van der Waals surface area contributed by atoms with Gasteiger partial charge in [-0.3, -0.25) is 0 Å². The molecule has 12 heavy (non-hydrogen) atoms. The Hall–Kier alpha value is -0.460. The van der Waals surface area contributed by atoms with Crippen molar-refractivity contribution in [2.75, 3.05) is 7.05 Å². The summed E-state index contributed by atoms with van der Waals surface area (Å²) in [5.74, 6) is 2.25. The molecule has 0 aliphatic heterocycles. The lowest BCUT2D eigenvalue weighted by Crippen LogP contribution is -2.19. The van der Waals surface area contributed by atoms with Crippen LogP contribution in [0.1, 0.15) is 34.1 Å². The lowest BCUT2D eigenvalue weighted by atomic mass is 9.82. The van der Waals surface area contributed by atoms with Gasteiger partial charge in [0.1, 0.15) is 0 Å². The predicted molar refractivity (Wildman–Crippen MR) is 56.0 cm³/mol. The molecule has 1 N–H and O–H groups in total. The molecule has 0 spiro atoms. The highest BCUT2D eigenvalue weighted by atomic mass is 14.8. The molecule has 0 aromatic carbocycles. The zero-order chi connectivity index (χ0) is 9.72. The molecule has 0 aliphatic rings. The molecule has 0 atom stereocenters. The van der Waals surface area contributed by atoms with E-state index in [1.165, 1.54) is 0 Å². The SMILES string of the molecule is C=C(CC(C(C)C)C(C)C)NC. The van der Waals surface area contributed by atoms with Crippen LogP contribution in [-0.4, -0.2) is 7.05 Å². The first-order valence-corrected chi connectivity index (χ1v) is 4.84. The van der Waals surface area contributed by atoms with Crippen LogP contribution in [0.4, 0.5) is 0 Å². The molecule has 0 aromatic heterocycles. The third kappa shape index (κ3) is 3.80. The largest absolute Gasteiger partial charge is 0.392 e. The van der Waals surface area contributed by atoms with Gasteiger partial charge in [-0.15, -0.1) is 0 Å². The number of allylic oxidation sites excluding steroid dienone is 1. The topological polar surface area (TPSA) is 12.0 Å². The van der Waals surface area contributed by atoms with E-state index in [-0.39, 0.29) is 0 Å². The van der Waals surface area contributed by atoms with Crippen molar-refractivity contribution in [1.29, 1.82) is 0 Å². The minimum Gasteiger partial charge on any atom is -0.392 e. The molecule has 0 heterocycles. The highest BCUT2D eigenvalue weighted by Gasteiger charge is 2.17. The van der Waals surface area contributed by atoms with Crippen LogP contribution in [-0.2, 0) is 0 Å². The minimum absolute atomic E-state index is 0.745. The van der Waals surface area contributed by atoms with Crippen LogP contribution in [0.25, 0.3) is 0 Å². The van der Waals surface area contributed by atoms with Gasteiger partial charge < -0.3 is 5.32 Å². The summed E-state index contributed by atoms with van der Waals surface area (Å²) in [5.41, 5.74) is 1.16. The summed E-state index contributed by atoms with van der Waals surface area (Å²) in [6.45, 7) is 13.1. The van der Waals surface area contributed by atoms with Crippen LogP contribution < -0.4 is 5.32 Å². The van der Waals surface area contributed by atoms with Crippen molar-refractivity contribution in [3.8, 4) is 0 Å². The van der Waals surface area contributed by atoms with Gasteiger partial charge in [0.05, 0.1) is 0 Å². The standard InChI is InChI=1S/C11H23N/c1-8(2)11(9(3)4)7-10(5)12-6/h8-9,11-12H,5,7H2,1-4,6H3. The molecule has 0 fully saturated rings. The van der Waals surface area contributed by atoms with Gasteiger partial charge in [0.25, 0.3) is 0 Å². The van der Waals surface area contributed by atoms with Gasteiger partial charge in [-0.05, 0) is 24.2 Å². The molecule has 0 unspecified atom stereocenters. The highest BCUT2D eigenvalue weighted by molar-refractivity contribution is 4.92. The Kier molecular flexibility index (Phi) is 5.03. The van der Waals surface area contributed by atoms with Crippen LogP contribution in [0, 0.1) is 17.8 Å². The maximum atomic E-state index is 3.97. The number of rotatable bonds is 5. The summed E-state index contributed by atoms with van der Waals surface area (Å²) in [4.78, 5) is 0. The molecule has 0 rings (SSSR count). The van der Waals surface area contributed by atoms with Gasteiger partial charge in [0, 0.05) is 12.7 Å². The quantitative estimate of drug-likeness (QED) is 0.667. The molecule has 0 aliphatic carbocycles. The van der Waals surface area contributed by atoms with E-state index in [9.17, 15) is 0 Å². The summed E-state index contributed by atoms with van der Waals surface area (Å²) >= 11 is 0. The molecule has 0 saturated heterocycles. The van der Waals surface area contributed by atoms with Gasteiger partial charge in [-0.2, -0.15) is 0 Å². The van der Waals surface area contributed by atoms with E-state index in [0.29, 0.717) is 0 Å². The maximum absolute atomic E-state index is 3.97. The van der Waals surface area contributed by atoms with E-state index in [2.05, 4.69) is 39.6 Å². The van der Waals surface area contributed by atoms with Crippen molar-refractivity contribution in [1.82, 2.24) is 5.32 Å². The Labute approximate surface area is 77.2 Å². The average molecular weight is 169 g/mol. The van der Waals surface area contributed by atoms with E-state index < -0.39 is 0 Å². The van der Waals surface area contributed by atoms with Crippen LogP contribution in [0.5, 0.6) is 0 Å². The molecule has 0 saturated carbocycles. The van der Waals surface area contributed by atoms with Crippen molar-refractivity contribution in [3.05, 3.63) is 12.3 Å². The predicted octanol–water partition coefficient (Wildman–Crippen LogP) is 3.04. The second kappa shape index (κ2) is 5.23.